The molecular formula is C23H15Cl2F10N3O2. The first-order chi connectivity index (χ1) is 18.3. The number of hydrogen-bond acceptors (Lipinski definition) is 3. The minimum absolute atomic E-state index is 0.0166. The van der Waals surface area contributed by atoms with E-state index in [0.717, 1.165) is 4.90 Å². The number of amides is 2. The maximum atomic E-state index is 15.2. The lowest BCUT2D eigenvalue weighted by Gasteiger charge is -2.44. The maximum Gasteiger partial charge on any atom is 0.435 e. The number of carbonyl (C=O) groups excluding carboxylic acids is 1. The molecule has 218 valence electrons. The molecule has 2 aromatic carbocycles. The van der Waals surface area contributed by atoms with Crippen molar-refractivity contribution in [3.05, 3.63) is 68.7 Å². The van der Waals surface area contributed by atoms with E-state index in [9.17, 15) is 44.3 Å². The van der Waals surface area contributed by atoms with Crippen LogP contribution >= 0.6 is 23.2 Å². The normalized spacial score (nSPS) is 21.0. The zero-order valence-corrected chi connectivity index (χ0v) is 21.1. The molecule has 2 heterocycles. The quantitative estimate of drug-likeness (QED) is 0.361. The summed E-state index contributed by atoms with van der Waals surface area (Å²) >= 11 is 11.3. The van der Waals surface area contributed by atoms with Gasteiger partial charge in [0, 0.05) is 12.0 Å². The Hall–Kier alpha value is -2.94. The van der Waals surface area contributed by atoms with Gasteiger partial charge in [-0.2, -0.15) is 39.5 Å². The molecule has 2 amide bonds. The van der Waals surface area contributed by atoms with Crippen molar-refractivity contribution in [1.29, 1.82) is 0 Å². The molecule has 2 aliphatic heterocycles. The van der Waals surface area contributed by atoms with Gasteiger partial charge in [0.05, 0.1) is 34.4 Å². The summed E-state index contributed by atoms with van der Waals surface area (Å²) in [6.45, 7) is -2.74. The van der Waals surface area contributed by atoms with Gasteiger partial charge >= 0.3 is 24.6 Å². The first kappa shape index (κ1) is 30.0. The SMILES string of the molecule is O=C(NCC(F)(F)F)N1CC(F)(c2ccc(C3=NOC(c4cc(Cl)c(Cl)c(C(F)(F)F)c4)(C(F)(F)F)C3)cc2)C1. The highest BCUT2D eigenvalue weighted by molar-refractivity contribution is 6.42. The molecule has 1 saturated heterocycles. The zero-order chi connectivity index (χ0) is 29.9. The first-order valence-electron chi connectivity index (χ1n) is 11.0. The van der Waals surface area contributed by atoms with Gasteiger partial charge in [0.2, 0.25) is 0 Å². The Bertz CT molecular complexity index is 1340. The number of oxime groups is 1. The van der Waals surface area contributed by atoms with Crippen molar-refractivity contribution in [2.75, 3.05) is 19.6 Å². The lowest BCUT2D eigenvalue weighted by molar-refractivity contribution is -0.276. The standard InChI is InChI=1S/C23H15Cl2F10N3O2/c24-15-6-13(5-14(17(15)25)22(30,31)32)20(23(33,34)35)7-16(37-40-20)11-1-3-12(4-2-11)19(26)9-38(10-19)18(39)36-8-21(27,28)29/h1-6H,7-10H2,(H,36,39). The van der Waals surface area contributed by atoms with Crippen LogP contribution in [0.15, 0.2) is 41.6 Å². The molecule has 2 aliphatic rings. The summed E-state index contributed by atoms with van der Waals surface area (Å²) in [5, 5.41) is 3.27. The van der Waals surface area contributed by atoms with Gasteiger partial charge in [-0.25, -0.2) is 9.18 Å². The van der Waals surface area contributed by atoms with Gasteiger partial charge in [-0.05, 0) is 23.3 Å². The van der Waals surface area contributed by atoms with Crippen molar-refractivity contribution in [1.82, 2.24) is 10.2 Å². The third-order valence-electron chi connectivity index (χ3n) is 6.33. The number of nitrogens with zero attached hydrogens (tertiary/aromatic N) is 2. The predicted octanol–water partition coefficient (Wildman–Crippen LogP) is 7.35. The fraction of sp³-hybridized carbons (Fsp3) is 0.391. The molecule has 4 rings (SSSR count). The monoisotopic (exact) mass is 625 g/mol. The fourth-order valence-corrected chi connectivity index (χ4v) is 4.66. The summed E-state index contributed by atoms with van der Waals surface area (Å²) < 4.78 is 135. The van der Waals surface area contributed by atoms with Gasteiger partial charge in [-0.1, -0.05) is 52.6 Å². The van der Waals surface area contributed by atoms with Crippen molar-refractivity contribution >= 4 is 34.9 Å². The lowest BCUT2D eigenvalue weighted by atomic mass is 9.84. The Labute approximate surface area is 228 Å². The summed E-state index contributed by atoms with van der Waals surface area (Å²) in [7, 11) is 0. The van der Waals surface area contributed by atoms with Gasteiger partial charge in [-0.15, -0.1) is 0 Å². The van der Waals surface area contributed by atoms with E-state index in [2.05, 4.69) is 5.16 Å². The van der Waals surface area contributed by atoms with Gasteiger partial charge in [0.25, 0.3) is 5.60 Å². The summed E-state index contributed by atoms with van der Waals surface area (Å²) in [5.74, 6) is 0. The van der Waals surface area contributed by atoms with Crippen LogP contribution in [0.2, 0.25) is 10.0 Å². The van der Waals surface area contributed by atoms with Gasteiger partial charge in [-0.3, -0.25) is 0 Å². The molecular weight excluding hydrogens is 611 g/mol. The lowest BCUT2D eigenvalue weighted by Crippen LogP contribution is -2.61. The Morgan fingerprint density at radius 2 is 1.57 bits per heavy atom. The molecule has 0 spiro atoms. The molecule has 1 atom stereocenters. The number of hydrogen-bond donors (Lipinski definition) is 1. The topological polar surface area (TPSA) is 53.9 Å². The molecule has 0 radical (unpaired) electrons. The van der Waals surface area contributed by atoms with Crippen LogP contribution < -0.4 is 5.32 Å². The minimum Gasteiger partial charge on any atom is -0.374 e. The van der Waals surface area contributed by atoms with Crippen LogP contribution in [-0.4, -0.2) is 48.6 Å². The van der Waals surface area contributed by atoms with E-state index in [-0.39, 0.29) is 22.9 Å². The number of alkyl halides is 10. The molecule has 0 saturated carbocycles. The fourth-order valence-electron chi connectivity index (χ4n) is 4.22. The van der Waals surface area contributed by atoms with Crippen LogP contribution in [0.25, 0.3) is 0 Å². The number of carbonyl (C=O) groups is 1. The molecule has 40 heavy (non-hydrogen) atoms. The van der Waals surface area contributed by atoms with Gasteiger partial charge in [0.1, 0.15) is 6.54 Å². The van der Waals surface area contributed by atoms with Crippen LogP contribution in [0.5, 0.6) is 0 Å². The molecule has 1 unspecified atom stereocenters. The molecule has 1 fully saturated rings. The Balaban J connectivity index is 1.53. The Morgan fingerprint density at radius 3 is 2.10 bits per heavy atom. The van der Waals surface area contributed by atoms with E-state index in [1.54, 1.807) is 5.32 Å². The van der Waals surface area contributed by atoms with Crippen molar-refractivity contribution in [2.24, 2.45) is 5.16 Å². The highest BCUT2D eigenvalue weighted by Crippen LogP contribution is 2.51. The minimum atomic E-state index is -5.26. The number of halogens is 12. The summed E-state index contributed by atoms with van der Waals surface area (Å²) in [6, 6.07) is 4.40. The third kappa shape index (κ3) is 5.62. The summed E-state index contributed by atoms with van der Waals surface area (Å²) in [5.41, 5.74) is -8.38. The summed E-state index contributed by atoms with van der Waals surface area (Å²) in [4.78, 5) is 17.3. The highest BCUT2D eigenvalue weighted by Gasteiger charge is 2.63. The Kier molecular flexibility index (Phi) is 7.40. The molecule has 0 bridgehead atoms. The van der Waals surface area contributed by atoms with E-state index < -0.39 is 83.1 Å². The van der Waals surface area contributed by atoms with Crippen LogP contribution in [0, 0.1) is 0 Å². The number of rotatable bonds is 4. The maximum absolute atomic E-state index is 15.2. The first-order valence-corrected chi connectivity index (χ1v) is 11.8. The smallest absolute Gasteiger partial charge is 0.374 e. The predicted molar refractivity (Wildman–Crippen MR) is 122 cm³/mol. The van der Waals surface area contributed by atoms with E-state index in [1.165, 1.54) is 24.3 Å². The Morgan fingerprint density at radius 1 is 0.975 bits per heavy atom. The summed E-state index contributed by atoms with van der Waals surface area (Å²) in [6.07, 6.45) is -16.1. The van der Waals surface area contributed by atoms with Crippen LogP contribution in [0.1, 0.15) is 28.7 Å². The van der Waals surface area contributed by atoms with Crippen molar-refractivity contribution in [3.8, 4) is 0 Å². The second-order valence-electron chi connectivity index (χ2n) is 9.12. The van der Waals surface area contributed by atoms with E-state index in [0.29, 0.717) is 6.07 Å². The zero-order valence-electron chi connectivity index (χ0n) is 19.5. The average Bonchev–Trinajstić information content (AvgIpc) is 3.28. The van der Waals surface area contributed by atoms with E-state index in [4.69, 9.17) is 28.0 Å². The van der Waals surface area contributed by atoms with Crippen molar-refractivity contribution < 1.29 is 53.5 Å². The van der Waals surface area contributed by atoms with E-state index in [1.807, 2.05) is 0 Å². The van der Waals surface area contributed by atoms with Crippen molar-refractivity contribution in [2.45, 2.75) is 36.2 Å². The highest BCUT2D eigenvalue weighted by atomic mass is 35.5. The number of nitrogens with one attached hydrogen (secondary N) is 1. The molecule has 17 heteroatoms. The average molecular weight is 626 g/mol. The molecule has 5 nitrogen and oxygen atoms in total. The van der Waals surface area contributed by atoms with Crippen LogP contribution in [-0.2, 0) is 22.3 Å². The third-order valence-corrected chi connectivity index (χ3v) is 7.13. The molecule has 0 aliphatic carbocycles. The number of likely N-dealkylation sites (tertiary alicyclic amines) is 1. The second kappa shape index (κ2) is 9.86. The van der Waals surface area contributed by atoms with Gasteiger partial charge < -0.3 is 15.1 Å². The van der Waals surface area contributed by atoms with E-state index >= 15 is 4.39 Å². The second-order valence-corrected chi connectivity index (χ2v) is 9.91. The van der Waals surface area contributed by atoms with Crippen LogP contribution in [0.4, 0.5) is 48.7 Å². The number of urea groups is 1. The molecule has 1 N–H and O–H groups in total. The molecule has 2 aromatic rings. The van der Waals surface area contributed by atoms with Crippen LogP contribution in [0.3, 0.4) is 0 Å². The number of benzene rings is 2. The van der Waals surface area contributed by atoms with Gasteiger partial charge in [0.15, 0.2) is 5.67 Å². The largest absolute Gasteiger partial charge is 0.435 e. The van der Waals surface area contributed by atoms with Crippen molar-refractivity contribution in [3.63, 3.8) is 0 Å². The molecule has 0 aromatic heterocycles.